The highest BCUT2D eigenvalue weighted by Crippen LogP contribution is 2.37. The topological polar surface area (TPSA) is 97.7 Å². The van der Waals surface area contributed by atoms with Gasteiger partial charge < -0.3 is 14.8 Å². The smallest absolute Gasteiger partial charge is 0.141 e. The zero-order chi connectivity index (χ0) is 11.9. The van der Waals surface area contributed by atoms with Crippen molar-refractivity contribution in [2.24, 2.45) is 0 Å². The van der Waals surface area contributed by atoms with Crippen LogP contribution in [0.5, 0.6) is 11.5 Å². The van der Waals surface area contributed by atoms with Gasteiger partial charge in [-0.1, -0.05) is 24.3 Å². The van der Waals surface area contributed by atoms with Gasteiger partial charge in [0.2, 0.25) is 0 Å². The van der Waals surface area contributed by atoms with Crippen molar-refractivity contribution in [3.63, 3.8) is 0 Å². The van der Waals surface area contributed by atoms with Crippen LogP contribution in [0, 0.1) is 0 Å². The second-order valence-corrected chi connectivity index (χ2v) is 4.59. The third kappa shape index (κ3) is 1.58. The monoisotopic (exact) mass is 239 g/mol. The highest BCUT2D eigenvalue weighted by atomic mass is 32.2. The minimum atomic E-state index is -4.81. The normalized spacial score (nSPS) is 11.8. The van der Waals surface area contributed by atoms with Crippen LogP contribution in [0.25, 0.3) is 10.8 Å². The lowest BCUT2D eigenvalue weighted by molar-refractivity contribution is 0.433. The Bertz CT molecular complexity index is 660. The van der Waals surface area contributed by atoms with Crippen molar-refractivity contribution < 1.29 is 23.2 Å². The summed E-state index contributed by atoms with van der Waals surface area (Å²) >= 11 is 0. The highest BCUT2D eigenvalue weighted by molar-refractivity contribution is 7.85. The van der Waals surface area contributed by atoms with Crippen LogP contribution in [0.15, 0.2) is 35.2 Å². The van der Waals surface area contributed by atoms with Crippen LogP contribution in [0.1, 0.15) is 0 Å². The maximum Gasteiger partial charge on any atom is 0.141 e. The number of benzene rings is 2. The molecule has 5 nitrogen and oxygen atoms in total. The Morgan fingerprint density at radius 2 is 1.62 bits per heavy atom. The molecule has 2 rings (SSSR count). The Kier molecular flexibility index (Phi) is 2.25. The molecule has 16 heavy (non-hydrogen) atoms. The zero-order valence-electron chi connectivity index (χ0n) is 7.91. The molecule has 0 heterocycles. The SMILES string of the molecule is O=S(=O)([O-])c1cc(O)c2ccccc2c1O. The molecule has 0 saturated carbocycles. The summed E-state index contributed by atoms with van der Waals surface area (Å²) in [6.45, 7) is 0. The molecule has 84 valence electrons. The Labute approximate surface area is 91.3 Å². The molecule has 0 unspecified atom stereocenters. The largest absolute Gasteiger partial charge is 0.744 e. The molecule has 0 atom stereocenters. The van der Waals surface area contributed by atoms with Gasteiger partial charge in [-0.25, -0.2) is 8.42 Å². The molecule has 0 bridgehead atoms. The summed E-state index contributed by atoms with van der Waals surface area (Å²) in [4.78, 5) is -0.816. The number of hydrogen-bond donors (Lipinski definition) is 2. The van der Waals surface area contributed by atoms with Crippen molar-refractivity contribution in [2.75, 3.05) is 0 Å². The molecule has 2 aromatic rings. The van der Waals surface area contributed by atoms with Crippen molar-refractivity contribution in [2.45, 2.75) is 4.90 Å². The first-order valence-electron chi connectivity index (χ1n) is 4.31. The molecule has 0 aliphatic rings. The number of hydrogen-bond acceptors (Lipinski definition) is 5. The van der Waals surface area contributed by atoms with E-state index >= 15 is 0 Å². The van der Waals surface area contributed by atoms with Crippen molar-refractivity contribution in [3.8, 4) is 11.5 Å². The first-order valence-corrected chi connectivity index (χ1v) is 5.71. The van der Waals surface area contributed by atoms with Crippen LogP contribution >= 0.6 is 0 Å². The molecule has 0 spiro atoms. The number of rotatable bonds is 1. The van der Waals surface area contributed by atoms with Gasteiger partial charge >= 0.3 is 0 Å². The summed E-state index contributed by atoms with van der Waals surface area (Å²) in [7, 11) is -4.81. The predicted molar refractivity (Wildman–Crippen MR) is 55.2 cm³/mol. The predicted octanol–water partition coefficient (Wildman–Crippen LogP) is 1.16. The molecule has 2 N–H and O–H groups in total. The van der Waals surface area contributed by atoms with E-state index in [4.69, 9.17) is 0 Å². The fourth-order valence-electron chi connectivity index (χ4n) is 1.51. The van der Waals surface area contributed by atoms with Crippen LogP contribution in [-0.2, 0) is 10.1 Å². The van der Waals surface area contributed by atoms with E-state index in [1.54, 1.807) is 12.1 Å². The molecule has 0 aliphatic carbocycles. The van der Waals surface area contributed by atoms with E-state index in [0.717, 1.165) is 6.07 Å². The molecule has 0 fully saturated rings. The van der Waals surface area contributed by atoms with E-state index in [0.29, 0.717) is 0 Å². The molecule has 0 saturated heterocycles. The van der Waals surface area contributed by atoms with Gasteiger partial charge in [0.1, 0.15) is 26.5 Å². The van der Waals surface area contributed by atoms with Crippen LogP contribution < -0.4 is 0 Å². The molecular formula is C10H7O5S-. The first kappa shape index (κ1) is 10.7. The Balaban J connectivity index is 2.97. The van der Waals surface area contributed by atoms with Gasteiger partial charge in [-0.3, -0.25) is 0 Å². The molecule has 0 radical (unpaired) electrons. The van der Waals surface area contributed by atoms with Gasteiger partial charge in [-0.15, -0.1) is 0 Å². The fourth-order valence-corrected chi connectivity index (χ4v) is 2.11. The lowest BCUT2D eigenvalue weighted by Gasteiger charge is -2.12. The third-order valence-electron chi connectivity index (χ3n) is 2.23. The number of fused-ring (bicyclic) bond motifs is 1. The quantitative estimate of drug-likeness (QED) is 0.574. The lowest BCUT2D eigenvalue weighted by atomic mass is 10.1. The van der Waals surface area contributed by atoms with E-state index in [2.05, 4.69) is 0 Å². The highest BCUT2D eigenvalue weighted by Gasteiger charge is 2.14. The number of phenols is 2. The van der Waals surface area contributed by atoms with E-state index in [9.17, 15) is 23.2 Å². The maximum absolute atomic E-state index is 10.8. The summed E-state index contributed by atoms with van der Waals surface area (Å²) in [5, 5.41) is 19.6. The van der Waals surface area contributed by atoms with E-state index in [1.165, 1.54) is 12.1 Å². The van der Waals surface area contributed by atoms with E-state index in [-0.39, 0.29) is 16.5 Å². The van der Waals surface area contributed by atoms with Crippen molar-refractivity contribution in [1.29, 1.82) is 0 Å². The summed E-state index contributed by atoms with van der Waals surface area (Å²) < 4.78 is 32.5. The van der Waals surface area contributed by atoms with Gasteiger partial charge in [0.25, 0.3) is 0 Å². The summed E-state index contributed by atoms with van der Waals surface area (Å²) in [6.07, 6.45) is 0. The minimum Gasteiger partial charge on any atom is -0.744 e. The molecule has 2 aromatic carbocycles. The third-order valence-corrected chi connectivity index (χ3v) is 3.08. The summed E-state index contributed by atoms with van der Waals surface area (Å²) in [5.41, 5.74) is 0. The number of aromatic hydroxyl groups is 2. The lowest BCUT2D eigenvalue weighted by Crippen LogP contribution is -1.99. The molecular weight excluding hydrogens is 232 g/mol. The van der Waals surface area contributed by atoms with Crippen LogP contribution in [0.2, 0.25) is 0 Å². The molecule has 0 amide bonds. The minimum absolute atomic E-state index is 0.122. The second-order valence-electron chi connectivity index (χ2n) is 3.24. The van der Waals surface area contributed by atoms with Crippen LogP contribution in [0.4, 0.5) is 0 Å². The van der Waals surface area contributed by atoms with Gasteiger partial charge in [-0.2, -0.15) is 0 Å². The van der Waals surface area contributed by atoms with Crippen LogP contribution in [0.3, 0.4) is 0 Å². The first-order chi connectivity index (χ1) is 7.41. The fraction of sp³-hybridized carbons (Fsp3) is 0. The van der Waals surface area contributed by atoms with Crippen molar-refractivity contribution in [1.82, 2.24) is 0 Å². The van der Waals surface area contributed by atoms with Gasteiger partial charge in [0.15, 0.2) is 0 Å². The van der Waals surface area contributed by atoms with E-state index < -0.39 is 20.8 Å². The molecule has 6 heteroatoms. The number of phenolic OH excluding ortho intramolecular Hbond substituents is 2. The summed E-state index contributed by atoms with van der Waals surface area (Å²) in [6, 6.07) is 6.85. The Morgan fingerprint density at radius 3 is 2.19 bits per heavy atom. The Morgan fingerprint density at radius 1 is 1.06 bits per heavy atom. The van der Waals surface area contributed by atoms with Gasteiger partial charge in [0.05, 0.1) is 0 Å². The molecule has 0 aliphatic heterocycles. The van der Waals surface area contributed by atoms with E-state index in [1.807, 2.05) is 0 Å². The van der Waals surface area contributed by atoms with Crippen molar-refractivity contribution in [3.05, 3.63) is 30.3 Å². The zero-order valence-corrected chi connectivity index (χ0v) is 8.73. The van der Waals surface area contributed by atoms with Gasteiger partial charge in [0, 0.05) is 16.8 Å². The average molecular weight is 239 g/mol. The van der Waals surface area contributed by atoms with Crippen molar-refractivity contribution >= 4 is 20.9 Å². The van der Waals surface area contributed by atoms with Gasteiger partial charge in [-0.05, 0) is 0 Å². The van der Waals surface area contributed by atoms with Crippen LogP contribution in [-0.4, -0.2) is 23.2 Å². The Hall–Kier alpha value is -1.79. The second kappa shape index (κ2) is 3.36. The maximum atomic E-state index is 10.8. The standard InChI is InChI=1S/C10H8O5S/c11-8-5-9(16(13,14)15)10(12)7-4-2-1-3-6(7)8/h1-5,11-12H,(H,13,14,15)/p-1. The summed E-state index contributed by atoms with van der Waals surface area (Å²) in [5.74, 6) is -0.994. The average Bonchev–Trinajstić information content (AvgIpc) is 2.22. The molecule has 0 aromatic heterocycles.